The van der Waals surface area contributed by atoms with E-state index in [-0.39, 0.29) is 11.2 Å². The molecule has 1 aromatic rings. The van der Waals surface area contributed by atoms with E-state index in [4.69, 9.17) is 9.84 Å². The molecular weight excluding hydrogens is 286 g/mol. The van der Waals surface area contributed by atoms with Crippen LogP contribution in [-0.4, -0.2) is 47.3 Å². The number of ether oxygens (including phenoxy) is 1. The summed E-state index contributed by atoms with van der Waals surface area (Å²) in [6.45, 7) is 5.80. The van der Waals surface area contributed by atoms with E-state index in [0.29, 0.717) is 4.34 Å². The minimum atomic E-state index is -0.851. The Morgan fingerprint density at radius 1 is 1.53 bits per heavy atom. The summed E-state index contributed by atoms with van der Waals surface area (Å²) in [4.78, 5) is 10.4. The predicted molar refractivity (Wildman–Crippen MR) is 77.0 cm³/mol. The molecule has 8 heteroatoms. The van der Waals surface area contributed by atoms with Crippen LogP contribution in [0.2, 0.25) is 0 Å². The molecule has 0 fully saturated rings. The lowest BCUT2D eigenvalue weighted by atomic mass is 9.90. The van der Waals surface area contributed by atoms with E-state index in [9.17, 15) is 4.79 Å². The van der Waals surface area contributed by atoms with E-state index in [1.807, 2.05) is 0 Å². The highest BCUT2D eigenvalue weighted by atomic mass is 32.2. The summed E-state index contributed by atoms with van der Waals surface area (Å²) >= 11 is 2.56. The summed E-state index contributed by atoms with van der Waals surface area (Å²) in [7, 11) is 1.69. The number of thioether (sulfide) groups is 1. The van der Waals surface area contributed by atoms with Gasteiger partial charge in [0, 0.05) is 20.3 Å². The Kier molecular flexibility index (Phi) is 6.53. The Labute approximate surface area is 121 Å². The fourth-order valence-electron chi connectivity index (χ4n) is 1.24. The smallest absolute Gasteiger partial charge is 0.313 e. The number of aromatic nitrogens is 2. The lowest BCUT2D eigenvalue weighted by Crippen LogP contribution is -2.24. The van der Waals surface area contributed by atoms with Crippen LogP contribution in [0.4, 0.5) is 5.13 Å². The third-order valence-electron chi connectivity index (χ3n) is 2.43. The Morgan fingerprint density at radius 2 is 2.26 bits per heavy atom. The molecule has 0 atom stereocenters. The number of nitrogens with one attached hydrogen (secondary N) is 1. The number of aliphatic carboxylic acids is 1. The summed E-state index contributed by atoms with van der Waals surface area (Å²) in [5.74, 6) is -0.844. The normalized spacial score (nSPS) is 11.5. The first kappa shape index (κ1) is 16.2. The molecule has 2 N–H and O–H groups in total. The van der Waals surface area contributed by atoms with Crippen LogP contribution >= 0.6 is 23.1 Å². The van der Waals surface area contributed by atoms with Crippen molar-refractivity contribution in [3.8, 4) is 0 Å². The maximum atomic E-state index is 10.4. The first-order valence-corrected chi connectivity index (χ1v) is 7.64. The molecular formula is C11H19N3O3S2. The predicted octanol–water partition coefficient (Wildman–Crippen LogP) is 2.19. The fourth-order valence-corrected chi connectivity index (χ4v) is 2.71. The van der Waals surface area contributed by atoms with E-state index in [1.165, 1.54) is 23.1 Å². The zero-order chi connectivity index (χ0) is 14.3. The van der Waals surface area contributed by atoms with Crippen molar-refractivity contribution in [2.45, 2.75) is 24.6 Å². The fraction of sp³-hybridized carbons (Fsp3) is 0.727. The molecule has 0 radical (unpaired) electrons. The van der Waals surface area contributed by atoms with E-state index in [1.54, 1.807) is 7.11 Å². The third kappa shape index (κ3) is 6.74. The molecule has 1 aromatic heterocycles. The van der Waals surface area contributed by atoms with Crippen molar-refractivity contribution >= 4 is 34.2 Å². The van der Waals surface area contributed by atoms with Crippen LogP contribution in [0.3, 0.4) is 0 Å². The summed E-state index contributed by atoms with van der Waals surface area (Å²) in [6, 6.07) is 0. The standard InChI is InChI=1S/C11H19N3O3S2/c1-11(2,4-5-17-3)7-12-9-13-14-10(19-9)18-6-8(15)16/h4-7H2,1-3H3,(H,12,13)(H,15,16). The Hall–Kier alpha value is -0.860. The Bertz CT molecular complexity index is 410. The molecule has 0 saturated carbocycles. The van der Waals surface area contributed by atoms with Crippen molar-refractivity contribution in [2.24, 2.45) is 5.41 Å². The van der Waals surface area contributed by atoms with Crippen LogP contribution in [0.25, 0.3) is 0 Å². The molecule has 6 nitrogen and oxygen atoms in total. The Balaban J connectivity index is 2.39. The van der Waals surface area contributed by atoms with E-state index in [2.05, 4.69) is 29.4 Å². The van der Waals surface area contributed by atoms with Crippen LogP contribution in [0.15, 0.2) is 4.34 Å². The average Bonchev–Trinajstić information content (AvgIpc) is 2.80. The maximum Gasteiger partial charge on any atom is 0.313 e. The number of methoxy groups -OCH3 is 1. The lowest BCUT2D eigenvalue weighted by Gasteiger charge is -2.24. The molecule has 0 aliphatic carbocycles. The van der Waals surface area contributed by atoms with Crippen LogP contribution in [0.1, 0.15) is 20.3 Å². The van der Waals surface area contributed by atoms with E-state index < -0.39 is 5.97 Å². The highest BCUT2D eigenvalue weighted by Crippen LogP contribution is 2.27. The van der Waals surface area contributed by atoms with Gasteiger partial charge in [0.25, 0.3) is 0 Å². The monoisotopic (exact) mass is 305 g/mol. The highest BCUT2D eigenvalue weighted by Gasteiger charge is 2.18. The largest absolute Gasteiger partial charge is 0.481 e. The molecule has 0 unspecified atom stereocenters. The average molecular weight is 305 g/mol. The second kappa shape index (κ2) is 7.66. The van der Waals surface area contributed by atoms with Gasteiger partial charge < -0.3 is 15.2 Å². The van der Waals surface area contributed by atoms with Gasteiger partial charge in [0.1, 0.15) is 0 Å². The first-order valence-electron chi connectivity index (χ1n) is 5.84. The summed E-state index contributed by atoms with van der Waals surface area (Å²) < 4.78 is 5.74. The third-order valence-corrected chi connectivity index (χ3v) is 4.43. The van der Waals surface area contributed by atoms with Crippen LogP contribution in [-0.2, 0) is 9.53 Å². The first-order chi connectivity index (χ1) is 8.93. The summed E-state index contributed by atoms with van der Waals surface area (Å²) in [5, 5.41) is 20.5. The molecule has 0 aromatic carbocycles. The number of hydrogen-bond acceptors (Lipinski definition) is 7. The molecule has 19 heavy (non-hydrogen) atoms. The van der Waals surface area contributed by atoms with Gasteiger partial charge in [-0.3, -0.25) is 4.79 Å². The minimum absolute atomic E-state index is 0.00790. The molecule has 0 spiro atoms. The number of nitrogens with zero attached hydrogens (tertiary/aromatic N) is 2. The zero-order valence-corrected chi connectivity index (χ0v) is 12.9. The van der Waals surface area contributed by atoms with Gasteiger partial charge in [-0.2, -0.15) is 0 Å². The van der Waals surface area contributed by atoms with Crippen molar-refractivity contribution in [3.05, 3.63) is 0 Å². The summed E-state index contributed by atoms with van der Waals surface area (Å²) in [5.41, 5.74) is 0.107. The number of carboxylic acid groups (broad SMARTS) is 1. The molecule has 1 rings (SSSR count). The molecule has 0 amide bonds. The van der Waals surface area contributed by atoms with Crippen molar-refractivity contribution in [2.75, 3.05) is 31.3 Å². The molecule has 0 saturated heterocycles. The van der Waals surface area contributed by atoms with Gasteiger partial charge in [0.05, 0.1) is 5.75 Å². The Morgan fingerprint density at radius 3 is 2.89 bits per heavy atom. The summed E-state index contributed by atoms with van der Waals surface area (Å²) in [6.07, 6.45) is 0.954. The van der Waals surface area contributed by atoms with Gasteiger partial charge >= 0.3 is 5.97 Å². The number of carbonyl (C=O) groups is 1. The van der Waals surface area contributed by atoms with Gasteiger partial charge in [-0.25, -0.2) is 0 Å². The molecule has 0 aliphatic heterocycles. The van der Waals surface area contributed by atoms with Crippen molar-refractivity contribution in [1.29, 1.82) is 0 Å². The van der Waals surface area contributed by atoms with Crippen LogP contribution in [0.5, 0.6) is 0 Å². The van der Waals surface area contributed by atoms with Crippen molar-refractivity contribution < 1.29 is 14.6 Å². The second-order valence-corrected chi connectivity index (χ2v) is 7.02. The minimum Gasteiger partial charge on any atom is -0.481 e. The van der Waals surface area contributed by atoms with E-state index >= 15 is 0 Å². The SMILES string of the molecule is COCCC(C)(C)CNc1nnc(SCC(=O)O)s1. The molecule has 0 aliphatic rings. The van der Waals surface area contributed by atoms with Crippen LogP contribution in [0, 0.1) is 5.41 Å². The second-order valence-electron chi connectivity index (χ2n) is 4.82. The zero-order valence-electron chi connectivity index (χ0n) is 11.3. The van der Waals surface area contributed by atoms with Crippen LogP contribution < -0.4 is 5.32 Å². The molecule has 108 valence electrons. The van der Waals surface area contributed by atoms with Crippen molar-refractivity contribution in [1.82, 2.24) is 10.2 Å². The molecule has 0 bridgehead atoms. The number of anilines is 1. The van der Waals surface area contributed by atoms with Crippen molar-refractivity contribution in [3.63, 3.8) is 0 Å². The van der Waals surface area contributed by atoms with Gasteiger partial charge in [-0.05, 0) is 11.8 Å². The highest BCUT2D eigenvalue weighted by molar-refractivity contribution is 8.01. The lowest BCUT2D eigenvalue weighted by molar-refractivity contribution is -0.133. The quantitative estimate of drug-likeness (QED) is 0.676. The van der Waals surface area contributed by atoms with Gasteiger partial charge in [0.2, 0.25) is 5.13 Å². The van der Waals surface area contributed by atoms with E-state index in [0.717, 1.165) is 24.7 Å². The van der Waals surface area contributed by atoms with Gasteiger partial charge in [0.15, 0.2) is 4.34 Å². The topological polar surface area (TPSA) is 84.3 Å². The number of hydrogen-bond donors (Lipinski definition) is 2. The van der Waals surface area contributed by atoms with Gasteiger partial charge in [-0.1, -0.05) is 36.9 Å². The number of carboxylic acids is 1. The van der Waals surface area contributed by atoms with Gasteiger partial charge in [-0.15, -0.1) is 10.2 Å². The molecule has 1 heterocycles. The number of rotatable bonds is 9. The maximum absolute atomic E-state index is 10.4.